The van der Waals surface area contributed by atoms with E-state index in [1.54, 1.807) is 0 Å². The van der Waals surface area contributed by atoms with Gasteiger partial charge < -0.3 is 14.2 Å². The second kappa shape index (κ2) is 29.7. The lowest BCUT2D eigenvalue weighted by molar-refractivity contribution is 0.302. The van der Waals surface area contributed by atoms with Crippen molar-refractivity contribution in [1.82, 2.24) is 0 Å². The van der Waals surface area contributed by atoms with Crippen LogP contribution in [-0.2, 0) is 38.5 Å². The Bertz CT molecular complexity index is 1290. The first-order chi connectivity index (χ1) is 28.4. The Morgan fingerprint density at radius 2 is 0.483 bits per heavy atom. The van der Waals surface area contributed by atoms with Gasteiger partial charge in [-0.15, -0.1) is 0 Å². The molecule has 0 aromatic heterocycles. The van der Waals surface area contributed by atoms with E-state index in [1.807, 2.05) is 0 Å². The quantitative estimate of drug-likeness (QED) is 0.0453. The number of ether oxygens (including phenoxy) is 3. The van der Waals surface area contributed by atoms with Crippen LogP contribution in [0.3, 0.4) is 0 Å². The van der Waals surface area contributed by atoms with Crippen LogP contribution in [0.2, 0.25) is 0 Å². The summed E-state index contributed by atoms with van der Waals surface area (Å²) in [7, 11) is -0.885. The van der Waals surface area contributed by atoms with E-state index in [9.17, 15) is 0 Å². The lowest BCUT2D eigenvalue weighted by atomic mass is 9.99. The Morgan fingerprint density at radius 1 is 0.293 bits per heavy atom. The molecule has 0 fully saturated rings. The summed E-state index contributed by atoms with van der Waals surface area (Å²) in [6, 6.07) is 15.6. The van der Waals surface area contributed by atoms with Crippen molar-refractivity contribution >= 4 is 23.8 Å². The van der Waals surface area contributed by atoms with Gasteiger partial charge in [0.2, 0.25) is 0 Å². The summed E-state index contributed by atoms with van der Waals surface area (Å²) < 4.78 is 20.4. The molecule has 3 rings (SSSR count). The second-order valence-electron chi connectivity index (χ2n) is 16.8. The molecule has 0 spiro atoms. The van der Waals surface area contributed by atoms with Gasteiger partial charge in [-0.05, 0) is 190 Å². The fourth-order valence-electron chi connectivity index (χ4n) is 7.87. The molecule has 0 atom stereocenters. The molecule has 3 aromatic rings. The summed E-state index contributed by atoms with van der Waals surface area (Å²) in [5.41, 5.74) is 8.52. The Balaban J connectivity index is 2.53. The van der Waals surface area contributed by atoms with Crippen LogP contribution >= 0.6 is 7.92 Å². The van der Waals surface area contributed by atoms with Gasteiger partial charge in [0.25, 0.3) is 0 Å². The van der Waals surface area contributed by atoms with E-state index in [2.05, 4.69) is 98.7 Å². The van der Waals surface area contributed by atoms with Crippen molar-refractivity contribution in [3.8, 4) is 17.2 Å². The highest BCUT2D eigenvalue weighted by atomic mass is 31.1. The molecule has 0 amide bonds. The fraction of sp³-hybridized carbons (Fsp3) is 0.667. The molecule has 0 radical (unpaired) electrons. The van der Waals surface area contributed by atoms with Crippen molar-refractivity contribution in [3.63, 3.8) is 0 Å². The van der Waals surface area contributed by atoms with Gasteiger partial charge in [-0.1, -0.05) is 120 Å². The number of hydrogen-bond donors (Lipinski definition) is 0. The maximum absolute atomic E-state index is 6.80. The third-order valence-electron chi connectivity index (χ3n) is 11.5. The van der Waals surface area contributed by atoms with Crippen molar-refractivity contribution in [2.45, 2.75) is 216 Å². The highest BCUT2D eigenvalue weighted by Gasteiger charge is 2.26. The fourth-order valence-corrected chi connectivity index (χ4v) is 10.5. The standard InChI is InChI=1S/C54H87O3P/c1-10-19-28-43-37-49(38-44(29-20-11-2)52(43)55-34-25-16-7)58(50-39-45(30-21-12-3)53(56-35-26-17-8)46(40-50)31-22-13-4)51-41-47(32-23-14-5)54(57-36-27-18-9)48(42-51)33-24-15-6/h37-42H,10-36H2,1-9H3. The molecule has 0 bridgehead atoms. The van der Waals surface area contributed by atoms with Crippen LogP contribution in [0.25, 0.3) is 0 Å². The first kappa shape index (κ1) is 49.8. The van der Waals surface area contributed by atoms with Crippen LogP contribution in [0.4, 0.5) is 0 Å². The molecule has 0 aliphatic rings. The van der Waals surface area contributed by atoms with Crippen LogP contribution in [-0.4, -0.2) is 19.8 Å². The lowest BCUT2D eigenvalue weighted by Crippen LogP contribution is -2.25. The molecule has 58 heavy (non-hydrogen) atoms. The minimum atomic E-state index is -0.885. The number of unbranched alkanes of at least 4 members (excludes halogenated alkanes) is 9. The molecular weight excluding hydrogens is 728 g/mol. The van der Waals surface area contributed by atoms with Crippen LogP contribution in [0, 0.1) is 0 Å². The Kier molecular flexibility index (Phi) is 25.5. The van der Waals surface area contributed by atoms with Crippen LogP contribution in [0.1, 0.15) is 211 Å². The van der Waals surface area contributed by atoms with Gasteiger partial charge in [0.05, 0.1) is 19.8 Å². The summed E-state index contributed by atoms with van der Waals surface area (Å²) in [5.74, 6) is 3.56. The van der Waals surface area contributed by atoms with E-state index < -0.39 is 7.92 Å². The zero-order chi connectivity index (χ0) is 42.0. The van der Waals surface area contributed by atoms with Crippen molar-refractivity contribution in [2.24, 2.45) is 0 Å². The van der Waals surface area contributed by atoms with Gasteiger partial charge in [-0.3, -0.25) is 0 Å². The van der Waals surface area contributed by atoms with Gasteiger partial charge in [0, 0.05) is 0 Å². The van der Waals surface area contributed by atoms with E-state index in [4.69, 9.17) is 14.2 Å². The van der Waals surface area contributed by atoms with E-state index in [1.165, 1.54) is 144 Å². The molecule has 0 saturated carbocycles. The maximum Gasteiger partial charge on any atom is 0.125 e. The van der Waals surface area contributed by atoms with E-state index in [-0.39, 0.29) is 0 Å². The second-order valence-corrected chi connectivity index (χ2v) is 19.1. The van der Waals surface area contributed by atoms with Crippen LogP contribution in [0.5, 0.6) is 17.2 Å². The summed E-state index contributed by atoms with van der Waals surface area (Å²) >= 11 is 0. The Hall–Kier alpha value is -2.51. The average molecular weight is 815 g/mol. The van der Waals surface area contributed by atoms with Crippen molar-refractivity contribution in [1.29, 1.82) is 0 Å². The summed E-state index contributed by atoms with van der Waals surface area (Å²) in [6.45, 7) is 23.1. The van der Waals surface area contributed by atoms with E-state index >= 15 is 0 Å². The largest absolute Gasteiger partial charge is 0.493 e. The molecule has 4 heteroatoms. The van der Waals surface area contributed by atoms with Crippen LogP contribution in [0.15, 0.2) is 36.4 Å². The van der Waals surface area contributed by atoms with Crippen molar-refractivity contribution in [3.05, 3.63) is 69.8 Å². The van der Waals surface area contributed by atoms with Gasteiger partial charge >= 0.3 is 0 Å². The number of rotatable bonds is 33. The normalized spacial score (nSPS) is 11.5. The summed E-state index contributed by atoms with van der Waals surface area (Å²) in [4.78, 5) is 0. The molecule has 3 nitrogen and oxygen atoms in total. The number of aryl methyl sites for hydroxylation is 6. The molecule has 0 saturated heterocycles. The minimum absolute atomic E-state index is 0.797. The molecule has 0 aliphatic heterocycles. The van der Waals surface area contributed by atoms with E-state index in [0.29, 0.717) is 0 Å². The zero-order valence-electron chi connectivity index (χ0n) is 39.2. The molecular formula is C54H87O3P. The smallest absolute Gasteiger partial charge is 0.125 e. The SMILES string of the molecule is CCCCOc1c(CCCC)cc(P(c2cc(CCCC)c(OCCCC)c(CCCC)c2)c2cc(CCCC)c(OCCCC)c(CCCC)c2)cc1CCCC. The van der Waals surface area contributed by atoms with Gasteiger partial charge in [0.15, 0.2) is 0 Å². The van der Waals surface area contributed by atoms with Gasteiger partial charge in [-0.25, -0.2) is 0 Å². The maximum atomic E-state index is 6.80. The predicted molar refractivity (Wildman–Crippen MR) is 258 cm³/mol. The molecule has 0 heterocycles. The van der Waals surface area contributed by atoms with E-state index in [0.717, 1.165) is 96.9 Å². The summed E-state index contributed by atoms with van der Waals surface area (Å²) in [5, 5.41) is 4.46. The minimum Gasteiger partial charge on any atom is -0.493 e. The molecule has 0 N–H and O–H groups in total. The third kappa shape index (κ3) is 15.8. The van der Waals surface area contributed by atoms with Crippen LogP contribution < -0.4 is 30.1 Å². The molecule has 326 valence electrons. The highest BCUT2D eigenvalue weighted by Crippen LogP contribution is 2.42. The van der Waals surface area contributed by atoms with Gasteiger partial charge in [-0.2, -0.15) is 0 Å². The first-order valence-electron chi connectivity index (χ1n) is 24.6. The Morgan fingerprint density at radius 3 is 0.655 bits per heavy atom. The zero-order valence-corrected chi connectivity index (χ0v) is 40.1. The number of hydrogen-bond acceptors (Lipinski definition) is 3. The van der Waals surface area contributed by atoms with Gasteiger partial charge in [0.1, 0.15) is 17.2 Å². The molecule has 0 aliphatic carbocycles. The van der Waals surface area contributed by atoms with Crippen molar-refractivity contribution in [2.75, 3.05) is 19.8 Å². The Labute approximate surface area is 360 Å². The first-order valence-corrected chi connectivity index (χ1v) is 25.9. The lowest BCUT2D eigenvalue weighted by Gasteiger charge is -2.28. The predicted octanol–water partition coefficient (Wildman–Crippen LogP) is 15.0. The monoisotopic (exact) mass is 815 g/mol. The topological polar surface area (TPSA) is 27.7 Å². The molecule has 0 unspecified atom stereocenters. The van der Waals surface area contributed by atoms with Crippen molar-refractivity contribution < 1.29 is 14.2 Å². The number of benzene rings is 3. The third-order valence-corrected chi connectivity index (χ3v) is 13.8. The molecule has 3 aromatic carbocycles. The average Bonchev–Trinajstić information content (AvgIpc) is 3.23. The summed E-state index contributed by atoms with van der Waals surface area (Å²) in [6.07, 6.45) is 27.3. The highest BCUT2D eigenvalue weighted by molar-refractivity contribution is 7.79.